The number of ether oxygens (including phenoxy) is 1. The molecule has 6 heteroatoms. The van der Waals surface area contributed by atoms with Gasteiger partial charge < -0.3 is 4.74 Å². The Morgan fingerprint density at radius 1 is 1.29 bits per heavy atom. The molecule has 0 saturated heterocycles. The van der Waals surface area contributed by atoms with E-state index in [1.54, 1.807) is 36.4 Å². The smallest absolute Gasteiger partial charge is 0.277 e. The predicted molar refractivity (Wildman–Crippen MR) is 86.8 cm³/mol. The van der Waals surface area contributed by atoms with Gasteiger partial charge in [-0.25, -0.2) is 5.43 Å². The Bertz CT molecular complexity index is 644. The van der Waals surface area contributed by atoms with Gasteiger partial charge in [0.05, 0.1) is 6.21 Å². The first-order chi connectivity index (χ1) is 10.1. The molecular weight excluding hydrogens is 356 g/mol. The normalized spacial score (nSPS) is 10.6. The Morgan fingerprint density at radius 3 is 2.76 bits per heavy atom. The summed E-state index contributed by atoms with van der Waals surface area (Å²) >= 11 is 9.10. The number of rotatable bonds is 5. The molecule has 0 fully saturated rings. The Kier molecular flexibility index (Phi) is 5.78. The van der Waals surface area contributed by atoms with Crippen molar-refractivity contribution < 1.29 is 9.53 Å². The van der Waals surface area contributed by atoms with Crippen LogP contribution in [0.15, 0.2) is 58.1 Å². The molecule has 0 heterocycles. The fourth-order valence-corrected chi connectivity index (χ4v) is 1.97. The first kappa shape index (κ1) is 15.5. The number of hydrogen-bond donors (Lipinski definition) is 1. The molecule has 4 nitrogen and oxygen atoms in total. The molecule has 0 aromatic heterocycles. The summed E-state index contributed by atoms with van der Waals surface area (Å²) in [6.45, 7) is -0.103. The molecule has 0 unspecified atom stereocenters. The van der Waals surface area contributed by atoms with Crippen LogP contribution in [0.5, 0.6) is 5.75 Å². The average Bonchev–Trinajstić information content (AvgIpc) is 2.47. The maximum absolute atomic E-state index is 11.6. The summed E-state index contributed by atoms with van der Waals surface area (Å²) in [7, 11) is 0. The Balaban J connectivity index is 1.78. The molecule has 1 N–H and O–H groups in total. The number of nitrogens with zero attached hydrogens (tertiary/aromatic N) is 1. The number of hydrazone groups is 1. The second-order valence-corrected chi connectivity index (χ2v) is 5.44. The van der Waals surface area contributed by atoms with Gasteiger partial charge >= 0.3 is 0 Å². The summed E-state index contributed by atoms with van der Waals surface area (Å²) in [4.78, 5) is 11.6. The lowest BCUT2D eigenvalue weighted by Crippen LogP contribution is -2.24. The van der Waals surface area contributed by atoms with Crippen molar-refractivity contribution in [2.45, 2.75) is 0 Å². The van der Waals surface area contributed by atoms with Gasteiger partial charge in [-0.3, -0.25) is 4.79 Å². The van der Waals surface area contributed by atoms with E-state index in [1.165, 1.54) is 6.21 Å². The van der Waals surface area contributed by atoms with Crippen LogP contribution in [0.1, 0.15) is 5.56 Å². The minimum Gasteiger partial charge on any atom is -0.484 e. The molecule has 0 atom stereocenters. The third-order valence-corrected chi connectivity index (χ3v) is 3.18. The quantitative estimate of drug-likeness (QED) is 0.648. The van der Waals surface area contributed by atoms with E-state index in [0.717, 1.165) is 10.0 Å². The van der Waals surface area contributed by atoms with Crippen molar-refractivity contribution >= 4 is 39.7 Å². The van der Waals surface area contributed by atoms with E-state index in [4.69, 9.17) is 16.3 Å². The monoisotopic (exact) mass is 366 g/mol. The third kappa shape index (κ3) is 5.57. The van der Waals surface area contributed by atoms with Gasteiger partial charge in [-0.15, -0.1) is 0 Å². The van der Waals surface area contributed by atoms with Crippen LogP contribution in [0.3, 0.4) is 0 Å². The van der Waals surface area contributed by atoms with Crippen molar-refractivity contribution in [3.63, 3.8) is 0 Å². The molecule has 0 aliphatic carbocycles. The van der Waals surface area contributed by atoms with Crippen LogP contribution < -0.4 is 10.2 Å². The molecule has 108 valence electrons. The second-order valence-electron chi connectivity index (χ2n) is 4.09. The van der Waals surface area contributed by atoms with Crippen molar-refractivity contribution in [1.82, 2.24) is 5.43 Å². The van der Waals surface area contributed by atoms with E-state index in [2.05, 4.69) is 26.5 Å². The van der Waals surface area contributed by atoms with Crippen LogP contribution in [-0.4, -0.2) is 18.7 Å². The van der Waals surface area contributed by atoms with Crippen LogP contribution in [0.25, 0.3) is 0 Å². The van der Waals surface area contributed by atoms with E-state index < -0.39 is 0 Å². The van der Waals surface area contributed by atoms with Crippen LogP contribution in [0, 0.1) is 0 Å². The maximum atomic E-state index is 11.6. The summed E-state index contributed by atoms with van der Waals surface area (Å²) in [5.74, 6) is 0.279. The summed E-state index contributed by atoms with van der Waals surface area (Å²) in [6.07, 6.45) is 1.54. The lowest BCUT2D eigenvalue weighted by molar-refractivity contribution is -0.123. The summed E-state index contributed by atoms with van der Waals surface area (Å²) in [6, 6.07) is 14.4. The minimum atomic E-state index is -0.333. The van der Waals surface area contributed by atoms with E-state index in [9.17, 15) is 4.79 Å². The molecule has 2 aromatic carbocycles. The first-order valence-corrected chi connectivity index (χ1v) is 7.26. The highest BCUT2D eigenvalue weighted by Crippen LogP contribution is 2.17. The van der Waals surface area contributed by atoms with E-state index in [1.807, 2.05) is 12.1 Å². The molecule has 0 bridgehead atoms. The topological polar surface area (TPSA) is 50.7 Å². The van der Waals surface area contributed by atoms with Gasteiger partial charge in [-0.1, -0.05) is 45.7 Å². The molecule has 21 heavy (non-hydrogen) atoms. The zero-order chi connectivity index (χ0) is 15.1. The molecule has 0 aliphatic heterocycles. The Morgan fingerprint density at radius 2 is 2.05 bits per heavy atom. The Labute approximate surface area is 135 Å². The van der Waals surface area contributed by atoms with Gasteiger partial charge in [0.15, 0.2) is 6.61 Å². The molecule has 0 spiro atoms. The van der Waals surface area contributed by atoms with Gasteiger partial charge in [0.25, 0.3) is 5.91 Å². The minimum absolute atomic E-state index is 0.103. The number of carbonyl (C=O) groups excluding carboxylic acids is 1. The van der Waals surface area contributed by atoms with Crippen molar-refractivity contribution in [1.29, 1.82) is 0 Å². The van der Waals surface area contributed by atoms with E-state index in [0.29, 0.717) is 10.8 Å². The van der Waals surface area contributed by atoms with E-state index >= 15 is 0 Å². The number of carbonyl (C=O) groups is 1. The van der Waals surface area contributed by atoms with Crippen LogP contribution in [-0.2, 0) is 4.79 Å². The highest BCUT2D eigenvalue weighted by molar-refractivity contribution is 9.10. The molecule has 0 radical (unpaired) electrons. The van der Waals surface area contributed by atoms with Crippen LogP contribution >= 0.6 is 27.5 Å². The molecule has 0 aliphatic rings. The van der Waals surface area contributed by atoms with Gasteiger partial charge in [-0.05, 0) is 35.9 Å². The number of amides is 1. The van der Waals surface area contributed by atoms with Crippen molar-refractivity contribution in [3.8, 4) is 5.75 Å². The highest BCUT2D eigenvalue weighted by atomic mass is 79.9. The zero-order valence-corrected chi connectivity index (χ0v) is 13.3. The standard InChI is InChI=1S/C15H12BrClN2O2/c16-12-2-1-3-14(8-12)21-10-15(20)19-18-9-11-4-6-13(17)7-5-11/h1-9H,10H2,(H,19,20)/b18-9-. The SMILES string of the molecule is O=C(COc1cccc(Br)c1)N/N=C\c1ccc(Cl)cc1. The first-order valence-electron chi connectivity index (χ1n) is 6.09. The van der Waals surface area contributed by atoms with Crippen LogP contribution in [0.4, 0.5) is 0 Å². The maximum Gasteiger partial charge on any atom is 0.277 e. The van der Waals surface area contributed by atoms with Gasteiger partial charge in [0.2, 0.25) is 0 Å². The lowest BCUT2D eigenvalue weighted by atomic mass is 10.2. The average molecular weight is 368 g/mol. The van der Waals surface area contributed by atoms with Crippen molar-refractivity contribution in [3.05, 3.63) is 63.6 Å². The molecular formula is C15H12BrClN2O2. The van der Waals surface area contributed by atoms with Crippen molar-refractivity contribution in [2.24, 2.45) is 5.10 Å². The summed E-state index contributed by atoms with van der Waals surface area (Å²) < 4.78 is 6.22. The fraction of sp³-hybridized carbons (Fsp3) is 0.0667. The van der Waals surface area contributed by atoms with Gasteiger partial charge in [0, 0.05) is 9.50 Å². The molecule has 1 amide bonds. The summed E-state index contributed by atoms with van der Waals surface area (Å²) in [5, 5.41) is 4.50. The van der Waals surface area contributed by atoms with Gasteiger partial charge in [-0.2, -0.15) is 5.10 Å². The fourth-order valence-electron chi connectivity index (χ4n) is 1.47. The molecule has 2 rings (SSSR count). The molecule has 2 aromatic rings. The van der Waals surface area contributed by atoms with E-state index in [-0.39, 0.29) is 12.5 Å². The van der Waals surface area contributed by atoms with Gasteiger partial charge in [0.1, 0.15) is 5.75 Å². The largest absolute Gasteiger partial charge is 0.484 e. The van der Waals surface area contributed by atoms with Crippen molar-refractivity contribution in [2.75, 3.05) is 6.61 Å². The number of benzene rings is 2. The highest BCUT2D eigenvalue weighted by Gasteiger charge is 2.01. The summed E-state index contributed by atoms with van der Waals surface area (Å²) in [5.41, 5.74) is 3.23. The number of halogens is 2. The van der Waals surface area contributed by atoms with Crippen LogP contribution in [0.2, 0.25) is 5.02 Å². The molecule has 0 saturated carbocycles. The number of nitrogens with one attached hydrogen (secondary N) is 1. The Hall–Kier alpha value is -1.85. The number of hydrogen-bond acceptors (Lipinski definition) is 3. The zero-order valence-electron chi connectivity index (χ0n) is 10.9. The third-order valence-electron chi connectivity index (χ3n) is 2.44. The lowest BCUT2D eigenvalue weighted by Gasteiger charge is -2.05. The predicted octanol–water partition coefficient (Wildman–Crippen LogP) is 3.63. The second kappa shape index (κ2) is 7.81.